The molecule has 1 aromatic heterocycles. The first kappa shape index (κ1) is 17.5. The number of benzene rings is 1. The number of para-hydroxylation sites is 1. The second-order valence-electron chi connectivity index (χ2n) is 4.77. The lowest BCUT2D eigenvalue weighted by atomic mass is 10.1. The Labute approximate surface area is 143 Å². The van der Waals surface area contributed by atoms with Crippen LogP contribution in [0.1, 0.15) is 18.1 Å². The molecule has 1 aromatic carbocycles. The molecule has 0 fully saturated rings. The average molecular weight is 350 g/mol. The van der Waals surface area contributed by atoms with Gasteiger partial charge in [0.05, 0.1) is 11.8 Å². The van der Waals surface area contributed by atoms with Gasteiger partial charge >= 0.3 is 11.8 Å². The van der Waals surface area contributed by atoms with Crippen LogP contribution in [0.15, 0.2) is 46.0 Å². The summed E-state index contributed by atoms with van der Waals surface area (Å²) in [6.45, 7) is 0.230. The van der Waals surface area contributed by atoms with Gasteiger partial charge in [-0.2, -0.15) is 11.3 Å². The molecule has 0 radical (unpaired) electrons. The molecular formula is C16H18N2O3S2. The third-order valence-electron chi connectivity index (χ3n) is 3.19. The number of thiophene rings is 1. The molecule has 0 aliphatic heterocycles. The molecule has 0 aliphatic carbocycles. The largest absolute Gasteiger partial charge is 0.388 e. The highest BCUT2D eigenvalue weighted by Crippen LogP contribution is 2.24. The predicted molar refractivity (Wildman–Crippen MR) is 93.8 cm³/mol. The second kappa shape index (κ2) is 8.71. The van der Waals surface area contributed by atoms with Crippen LogP contribution in [0.4, 0.5) is 5.69 Å². The Morgan fingerprint density at radius 1 is 1.26 bits per heavy atom. The van der Waals surface area contributed by atoms with Gasteiger partial charge in [0.1, 0.15) is 0 Å². The number of rotatable bonds is 6. The van der Waals surface area contributed by atoms with Crippen LogP contribution < -0.4 is 10.6 Å². The van der Waals surface area contributed by atoms with Crippen molar-refractivity contribution in [1.82, 2.24) is 5.32 Å². The van der Waals surface area contributed by atoms with Crippen molar-refractivity contribution in [2.24, 2.45) is 0 Å². The number of hydrogen-bond acceptors (Lipinski definition) is 5. The van der Waals surface area contributed by atoms with E-state index in [1.54, 1.807) is 12.1 Å². The third kappa shape index (κ3) is 5.09. The van der Waals surface area contributed by atoms with Crippen molar-refractivity contribution in [2.45, 2.75) is 17.4 Å². The number of aliphatic hydroxyl groups is 1. The number of hydrogen-bond donors (Lipinski definition) is 3. The zero-order valence-electron chi connectivity index (χ0n) is 12.6. The third-order valence-corrected chi connectivity index (χ3v) is 4.69. The lowest BCUT2D eigenvalue weighted by Gasteiger charge is -2.11. The molecule has 1 atom stereocenters. The molecule has 2 aromatic rings. The van der Waals surface area contributed by atoms with E-state index in [0.29, 0.717) is 12.1 Å². The van der Waals surface area contributed by atoms with Crippen LogP contribution in [0.5, 0.6) is 0 Å². The van der Waals surface area contributed by atoms with Crippen LogP contribution in [0.25, 0.3) is 0 Å². The van der Waals surface area contributed by atoms with Crippen LogP contribution in [0, 0.1) is 0 Å². The van der Waals surface area contributed by atoms with Gasteiger partial charge in [0.2, 0.25) is 0 Å². The molecule has 2 amide bonds. The number of carbonyl (C=O) groups is 2. The molecule has 3 N–H and O–H groups in total. The van der Waals surface area contributed by atoms with Crippen molar-refractivity contribution in [1.29, 1.82) is 0 Å². The minimum absolute atomic E-state index is 0.230. The van der Waals surface area contributed by atoms with E-state index in [0.717, 1.165) is 10.5 Å². The van der Waals surface area contributed by atoms with Gasteiger partial charge < -0.3 is 15.7 Å². The van der Waals surface area contributed by atoms with Gasteiger partial charge in [0.25, 0.3) is 0 Å². The van der Waals surface area contributed by atoms with E-state index >= 15 is 0 Å². The van der Waals surface area contributed by atoms with Crippen molar-refractivity contribution < 1.29 is 14.7 Å². The predicted octanol–water partition coefficient (Wildman–Crippen LogP) is 2.65. The minimum Gasteiger partial charge on any atom is -0.388 e. The van der Waals surface area contributed by atoms with Crippen molar-refractivity contribution in [3.05, 3.63) is 46.7 Å². The van der Waals surface area contributed by atoms with Crippen LogP contribution >= 0.6 is 23.1 Å². The van der Waals surface area contributed by atoms with Crippen LogP contribution in [-0.2, 0) is 9.59 Å². The first-order valence-corrected chi connectivity index (χ1v) is 9.21. The Morgan fingerprint density at radius 2 is 2.04 bits per heavy atom. The van der Waals surface area contributed by atoms with Crippen molar-refractivity contribution in [3.63, 3.8) is 0 Å². The lowest BCUT2D eigenvalue weighted by molar-refractivity contribution is -0.136. The zero-order chi connectivity index (χ0) is 16.7. The summed E-state index contributed by atoms with van der Waals surface area (Å²) in [7, 11) is 0. The molecule has 23 heavy (non-hydrogen) atoms. The molecular weight excluding hydrogens is 332 g/mol. The Kier molecular flexibility index (Phi) is 6.64. The van der Waals surface area contributed by atoms with E-state index in [4.69, 9.17) is 0 Å². The Morgan fingerprint density at radius 3 is 2.74 bits per heavy atom. The van der Waals surface area contributed by atoms with E-state index < -0.39 is 17.9 Å². The highest BCUT2D eigenvalue weighted by Gasteiger charge is 2.15. The summed E-state index contributed by atoms with van der Waals surface area (Å²) in [6, 6.07) is 9.12. The fraction of sp³-hybridized carbons (Fsp3) is 0.250. The number of thioether (sulfide) groups is 1. The number of carbonyl (C=O) groups excluding carboxylic acids is 2. The molecule has 0 saturated carbocycles. The Hall–Kier alpha value is -1.83. The number of aliphatic hydroxyl groups excluding tert-OH is 1. The summed E-state index contributed by atoms with van der Waals surface area (Å²) < 4.78 is 0. The van der Waals surface area contributed by atoms with E-state index in [1.165, 1.54) is 23.1 Å². The fourth-order valence-electron chi connectivity index (χ4n) is 1.96. The molecule has 2 rings (SSSR count). The summed E-state index contributed by atoms with van der Waals surface area (Å²) in [5, 5.41) is 18.8. The second-order valence-corrected chi connectivity index (χ2v) is 6.40. The molecule has 122 valence electrons. The van der Waals surface area contributed by atoms with Crippen LogP contribution in [-0.4, -0.2) is 29.7 Å². The summed E-state index contributed by atoms with van der Waals surface area (Å²) in [5.74, 6) is -1.42. The van der Waals surface area contributed by atoms with Crippen molar-refractivity contribution in [3.8, 4) is 0 Å². The van der Waals surface area contributed by atoms with Crippen molar-refractivity contribution >= 4 is 40.6 Å². The number of nitrogens with one attached hydrogen (secondary N) is 2. The summed E-state index contributed by atoms with van der Waals surface area (Å²) in [6.07, 6.45) is 1.62. The quantitative estimate of drug-likeness (QED) is 0.553. The Bertz CT molecular complexity index is 659. The molecule has 0 aliphatic rings. The SMILES string of the molecule is CSc1ccccc1NC(=O)C(=O)NCC[C@H](O)c1ccsc1. The zero-order valence-corrected chi connectivity index (χ0v) is 14.2. The van der Waals surface area contributed by atoms with Gasteiger partial charge in [-0.05, 0) is 47.2 Å². The van der Waals surface area contributed by atoms with Gasteiger partial charge in [-0.3, -0.25) is 9.59 Å². The highest BCUT2D eigenvalue weighted by atomic mass is 32.2. The van der Waals surface area contributed by atoms with E-state index in [-0.39, 0.29) is 6.54 Å². The number of anilines is 1. The van der Waals surface area contributed by atoms with E-state index in [9.17, 15) is 14.7 Å². The fourth-order valence-corrected chi connectivity index (χ4v) is 3.22. The molecule has 0 spiro atoms. The Balaban J connectivity index is 1.80. The van der Waals surface area contributed by atoms with Crippen LogP contribution in [0.3, 0.4) is 0 Å². The van der Waals surface area contributed by atoms with Crippen LogP contribution in [0.2, 0.25) is 0 Å². The highest BCUT2D eigenvalue weighted by molar-refractivity contribution is 7.98. The van der Waals surface area contributed by atoms with Crippen molar-refractivity contribution in [2.75, 3.05) is 18.1 Å². The first-order valence-electron chi connectivity index (χ1n) is 7.04. The normalized spacial score (nSPS) is 11.7. The summed E-state index contributed by atoms with van der Waals surface area (Å²) in [5.41, 5.74) is 1.43. The first-order chi connectivity index (χ1) is 11.1. The molecule has 5 nitrogen and oxygen atoms in total. The van der Waals surface area contributed by atoms with Gasteiger partial charge in [0.15, 0.2) is 0 Å². The monoisotopic (exact) mass is 350 g/mol. The smallest absolute Gasteiger partial charge is 0.313 e. The molecule has 7 heteroatoms. The minimum atomic E-state index is -0.712. The van der Waals surface area contributed by atoms with Gasteiger partial charge in [-0.15, -0.1) is 11.8 Å². The molecule has 1 heterocycles. The maximum atomic E-state index is 11.9. The van der Waals surface area contributed by atoms with E-state index in [1.807, 2.05) is 35.2 Å². The summed E-state index contributed by atoms with van der Waals surface area (Å²) >= 11 is 2.99. The number of amides is 2. The topological polar surface area (TPSA) is 78.4 Å². The maximum Gasteiger partial charge on any atom is 0.313 e. The molecule has 0 bridgehead atoms. The van der Waals surface area contributed by atoms with Gasteiger partial charge in [-0.25, -0.2) is 0 Å². The van der Waals surface area contributed by atoms with E-state index in [2.05, 4.69) is 10.6 Å². The molecule has 0 unspecified atom stereocenters. The van der Waals surface area contributed by atoms with Gasteiger partial charge in [-0.1, -0.05) is 12.1 Å². The molecule has 0 saturated heterocycles. The maximum absolute atomic E-state index is 11.9. The summed E-state index contributed by atoms with van der Waals surface area (Å²) in [4.78, 5) is 24.6. The standard InChI is InChI=1S/C16H18N2O3S2/c1-22-14-5-3-2-4-12(14)18-16(21)15(20)17-8-6-13(19)11-7-9-23-10-11/h2-5,7,9-10,13,19H,6,8H2,1H3,(H,17,20)(H,18,21)/t13-/m0/s1. The van der Waals surface area contributed by atoms with Gasteiger partial charge in [0, 0.05) is 11.4 Å². The lowest BCUT2D eigenvalue weighted by Crippen LogP contribution is -2.36. The average Bonchev–Trinajstić information content (AvgIpc) is 3.09.